The Morgan fingerprint density at radius 3 is 2.08 bits per heavy atom. The van der Waals surface area contributed by atoms with Crippen LogP contribution in [0.15, 0.2) is 36.4 Å². The van der Waals surface area contributed by atoms with Crippen molar-refractivity contribution in [1.29, 1.82) is 0 Å². The number of hydrogen-bond donors (Lipinski definition) is 6. The lowest BCUT2D eigenvalue weighted by molar-refractivity contribution is -0.131. The molecule has 134 valence electrons. The number of aromatic hydroxyl groups is 4. The zero-order chi connectivity index (χ0) is 19.4. The summed E-state index contributed by atoms with van der Waals surface area (Å²) >= 11 is 0. The second-order valence-corrected chi connectivity index (χ2v) is 5.18. The van der Waals surface area contributed by atoms with Gasteiger partial charge in [-0.2, -0.15) is 0 Å². The van der Waals surface area contributed by atoms with E-state index in [1.807, 2.05) is 0 Å². The first kappa shape index (κ1) is 18.4. The molecule has 0 unspecified atom stereocenters. The van der Waals surface area contributed by atoms with E-state index in [4.69, 9.17) is 5.11 Å². The molecule has 8 nitrogen and oxygen atoms in total. The molecular formula is C18H14O8. The Kier molecular flexibility index (Phi) is 5.17. The molecule has 0 spiro atoms. The fourth-order valence-electron chi connectivity index (χ4n) is 2.22. The molecule has 0 heterocycles. The molecule has 0 fully saturated rings. The fourth-order valence-corrected chi connectivity index (χ4v) is 2.22. The molecule has 26 heavy (non-hydrogen) atoms. The largest absolute Gasteiger partial charge is 0.504 e. The Bertz CT molecular complexity index is 940. The lowest BCUT2D eigenvalue weighted by Crippen LogP contribution is -2.02. The van der Waals surface area contributed by atoms with Gasteiger partial charge in [0.2, 0.25) is 0 Å². The van der Waals surface area contributed by atoms with Gasteiger partial charge < -0.3 is 30.6 Å². The van der Waals surface area contributed by atoms with Gasteiger partial charge in [0.1, 0.15) is 0 Å². The second-order valence-electron chi connectivity index (χ2n) is 5.18. The van der Waals surface area contributed by atoms with E-state index < -0.39 is 40.5 Å². The Morgan fingerprint density at radius 2 is 1.50 bits per heavy atom. The van der Waals surface area contributed by atoms with Crippen LogP contribution in [0.25, 0.3) is 17.7 Å². The maximum absolute atomic E-state index is 11.7. The van der Waals surface area contributed by atoms with E-state index in [0.717, 1.165) is 36.4 Å². The number of carboxylic acid groups (broad SMARTS) is 2. The quantitative estimate of drug-likeness (QED) is 0.270. The summed E-state index contributed by atoms with van der Waals surface area (Å²) in [7, 11) is 0. The van der Waals surface area contributed by atoms with Gasteiger partial charge in [0.15, 0.2) is 23.0 Å². The van der Waals surface area contributed by atoms with Crippen molar-refractivity contribution >= 4 is 29.7 Å². The van der Waals surface area contributed by atoms with Crippen molar-refractivity contribution in [3.63, 3.8) is 0 Å². The molecule has 2 aromatic rings. The normalized spacial score (nSPS) is 11.6. The third kappa shape index (κ3) is 3.93. The fraction of sp³-hybridized carbons (Fsp3) is 0. The van der Waals surface area contributed by atoms with Crippen molar-refractivity contribution in [2.45, 2.75) is 0 Å². The molecule has 2 rings (SSSR count). The third-order valence-corrected chi connectivity index (χ3v) is 3.40. The second kappa shape index (κ2) is 7.31. The number of aliphatic carboxylic acids is 2. The van der Waals surface area contributed by atoms with E-state index in [0.29, 0.717) is 0 Å². The molecule has 0 radical (unpaired) electrons. The molecule has 8 heteroatoms. The summed E-state index contributed by atoms with van der Waals surface area (Å²) in [6, 6.07) is 5.91. The first-order chi connectivity index (χ1) is 12.2. The predicted octanol–water partition coefficient (Wildman–Crippen LogP) is 2.23. The van der Waals surface area contributed by atoms with E-state index in [1.54, 1.807) is 0 Å². The van der Waals surface area contributed by atoms with Crippen molar-refractivity contribution in [3.05, 3.63) is 53.1 Å². The van der Waals surface area contributed by atoms with E-state index in [1.165, 1.54) is 12.1 Å². The smallest absolute Gasteiger partial charge is 0.336 e. The Labute approximate surface area is 146 Å². The van der Waals surface area contributed by atoms with Gasteiger partial charge in [-0.15, -0.1) is 0 Å². The number of phenolic OH excluding ortho intramolecular Hbond substituents is 4. The lowest BCUT2D eigenvalue weighted by Gasteiger charge is -2.11. The highest BCUT2D eigenvalue weighted by molar-refractivity contribution is 6.22. The molecular weight excluding hydrogens is 344 g/mol. The maximum Gasteiger partial charge on any atom is 0.336 e. The summed E-state index contributed by atoms with van der Waals surface area (Å²) in [4.78, 5) is 22.4. The first-order valence-electron chi connectivity index (χ1n) is 7.14. The van der Waals surface area contributed by atoms with E-state index in [9.17, 15) is 35.1 Å². The minimum atomic E-state index is -1.47. The Hall–Kier alpha value is -3.94. The Balaban J connectivity index is 2.72. The van der Waals surface area contributed by atoms with Crippen LogP contribution in [0.1, 0.15) is 16.7 Å². The van der Waals surface area contributed by atoms with Crippen LogP contribution in [0.2, 0.25) is 0 Å². The van der Waals surface area contributed by atoms with E-state index in [2.05, 4.69) is 0 Å². The Morgan fingerprint density at radius 1 is 0.846 bits per heavy atom. The average Bonchev–Trinajstić information content (AvgIpc) is 2.57. The van der Waals surface area contributed by atoms with E-state index >= 15 is 0 Å². The topological polar surface area (TPSA) is 156 Å². The third-order valence-electron chi connectivity index (χ3n) is 3.40. The van der Waals surface area contributed by atoms with Gasteiger partial charge in [-0.25, -0.2) is 9.59 Å². The van der Waals surface area contributed by atoms with Crippen molar-refractivity contribution in [1.82, 2.24) is 0 Å². The number of carboxylic acids is 2. The zero-order valence-corrected chi connectivity index (χ0v) is 13.1. The SMILES string of the molecule is O=C(O)/C=C\c1ccc(O)c(O)c1/C(=C\c1ccc(O)c(O)c1)C(=O)O. The molecule has 2 aromatic carbocycles. The van der Waals surface area contributed by atoms with Crippen LogP contribution in [-0.2, 0) is 9.59 Å². The highest BCUT2D eigenvalue weighted by Gasteiger charge is 2.21. The molecule has 0 atom stereocenters. The molecule has 0 amide bonds. The minimum absolute atomic E-state index is 0.0411. The lowest BCUT2D eigenvalue weighted by atomic mass is 9.95. The summed E-state index contributed by atoms with van der Waals surface area (Å²) in [6.07, 6.45) is 2.91. The van der Waals surface area contributed by atoms with Crippen LogP contribution in [0.5, 0.6) is 23.0 Å². The molecule has 0 aliphatic heterocycles. The van der Waals surface area contributed by atoms with Crippen molar-refractivity contribution < 1.29 is 40.2 Å². The van der Waals surface area contributed by atoms with Gasteiger partial charge in [0, 0.05) is 11.6 Å². The van der Waals surface area contributed by atoms with Crippen molar-refractivity contribution in [2.75, 3.05) is 0 Å². The monoisotopic (exact) mass is 358 g/mol. The molecule has 0 aromatic heterocycles. The first-order valence-corrected chi connectivity index (χ1v) is 7.14. The van der Waals surface area contributed by atoms with Gasteiger partial charge in [0.05, 0.1) is 5.57 Å². The van der Waals surface area contributed by atoms with Crippen molar-refractivity contribution in [2.24, 2.45) is 0 Å². The van der Waals surface area contributed by atoms with E-state index in [-0.39, 0.29) is 16.7 Å². The van der Waals surface area contributed by atoms with Crippen LogP contribution in [-0.4, -0.2) is 42.6 Å². The number of carbonyl (C=O) groups is 2. The van der Waals surface area contributed by atoms with Gasteiger partial charge in [0.25, 0.3) is 0 Å². The maximum atomic E-state index is 11.7. The van der Waals surface area contributed by atoms with Crippen LogP contribution >= 0.6 is 0 Å². The number of hydrogen-bond acceptors (Lipinski definition) is 6. The molecule has 0 bridgehead atoms. The van der Waals surface area contributed by atoms with Gasteiger partial charge in [-0.05, 0) is 41.5 Å². The standard InChI is InChI=1S/C18H14O8/c19-12-4-1-9(8-14(12)21)7-11(18(25)26)16-10(3-6-15(22)23)2-5-13(20)17(16)24/h1-8,19-21,24H,(H,22,23)(H,25,26)/b6-3-,11-7+. The molecule has 0 saturated carbocycles. The van der Waals surface area contributed by atoms with Gasteiger partial charge in [-0.3, -0.25) is 0 Å². The van der Waals surface area contributed by atoms with Gasteiger partial charge in [-0.1, -0.05) is 12.1 Å². The van der Waals surface area contributed by atoms with Crippen LogP contribution in [0.4, 0.5) is 0 Å². The van der Waals surface area contributed by atoms with Crippen LogP contribution in [0, 0.1) is 0 Å². The highest BCUT2D eigenvalue weighted by atomic mass is 16.4. The average molecular weight is 358 g/mol. The summed E-state index contributed by atoms with van der Waals surface area (Å²) in [6.45, 7) is 0. The van der Waals surface area contributed by atoms with Gasteiger partial charge >= 0.3 is 11.9 Å². The van der Waals surface area contributed by atoms with Crippen LogP contribution < -0.4 is 0 Å². The highest BCUT2D eigenvalue weighted by Crippen LogP contribution is 2.38. The summed E-state index contributed by atoms with van der Waals surface area (Å²) in [5.41, 5.74) is -0.538. The predicted molar refractivity (Wildman–Crippen MR) is 91.7 cm³/mol. The number of phenols is 4. The number of rotatable bonds is 5. The van der Waals surface area contributed by atoms with Crippen molar-refractivity contribution in [3.8, 4) is 23.0 Å². The molecule has 6 N–H and O–H groups in total. The van der Waals surface area contributed by atoms with Crippen LogP contribution in [0.3, 0.4) is 0 Å². The molecule has 0 saturated heterocycles. The summed E-state index contributed by atoms with van der Waals surface area (Å²) < 4.78 is 0. The zero-order valence-electron chi connectivity index (χ0n) is 13.1. The molecule has 0 aliphatic carbocycles. The number of benzene rings is 2. The minimum Gasteiger partial charge on any atom is -0.504 e. The summed E-state index contributed by atoms with van der Waals surface area (Å²) in [5, 5.41) is 56.9. The summed E-state index contributed by atoms with van der Waals surface area (Å²) in [5.74, 6) is -4.96. The molecule has 0 aliphatic rings.